The Kier molecular flexibility index (Phi) is 3.91. The fourth-order valence-electron chi connectivity index (χ4n) is 1.54. The summed E-state index contributed by atoms with van der Waals surface area (Å²) in [6, 6.07) is 0. The normalized spacial score (nSPS) is 12.8. The third kappa shape index (κ3) is 3.77. The largest absolute Gasteiger partial charge is 0.469 e. The maximum Gasteiger partial charge on any atom is 0.311 e. The van der Waals surface area contributed by atoms with E-state index < -0.39 is 5.41 Å². The molecule has 0 saturated heterocycles. The molecule has 0 amide bonds. The van der Waals surface area contributed by atoms with Gasteiger partial charge in [0, 0.05) is 5.54 Å². The number of ether oxygens (including phenoxy) is 1. The second kappa shape index (κ2) is 4.09. The minimum Gasteiger partial charge on any atom is -0.469 e. The van der Waals surface area contributed by atoms with Gasteiger partial charge in [0.05, 0.1) is 12.5 Å². The third-order valence-corrected chi connectivity index (χ3v) is 2.30. The van der Waals surface area contributed by atoms with Crippen molar-refractivity contribution >= 4 is 5.97 Å². The Morgan fingerprint density at radius 3 is 2.08 bits per heavy atom. The fourth-order valence-corrected chi connectivity index (χ4v) is 1.54. The summed E-state index contributed by atoms with van der Waals surface area (Å²) in [6.07, 6.45) is 0.753. The highest BCUT2D eigenvalue weighted by molar-refractivity contribution is 5.75. The van der Waals surface area contributed by atoms with E-state index in [-0.39, 0.29) is 11.5 Å². The van der Waals surface area contributed by atoms with Crippen molar-refractivity contribution < 1.29 is 9.53 Å². The second-order valence-electron chi connectivity index (χ2n) is 4.69. The van der Waals surface area contributed by atoms with Crippen LogP contribution in [-0.2, 0) is 9.53 Å². The van der Waals surface area contributed by atoms with Gasteiger partial charge in [-0.25, -0.2) is 0 Å². The van der Waals surface area contributed by atoms with Crippen LogP contribution in [0.3, 0.4) is 0 Å². The number of hydrogen-bond acceptors (Lipinski definition) is 3. The molecule has 0 atom stereocenters. The second-order valence-corrected chi connectivity index (χ2v) is 4.69. The van der Waals surface area contributed by atoms with E-state index in [0.717, 1.165) is 6.42 Å². The molecule has 0 rings (SSSR count). The van der Waals surface area contributed by atoms with Gasteiger partial charge in [0.1, 0.15) is 0 Å². The van der Waals surface area contributed by atoms with Crippen molar-refractivity contribution in [2.24, 2.45) is 5.41 Å². The summed E-state index contributed by atoms with van der Waals surface area (Å²) in [5.41, 5.74) is -0.473. The van der Waals surface area contributed by atoms with E-state index in [4.69, 9.17) is 4.74 Å². The summed E-state index contributed by atoms with van der Waals surface area (Å²) in [7, 11) is 3.32. The molecule has 1 N–H and O–H groups in total. The standard InChI is InChI=1S/C10H21NO2/c1-9(2,8(12)13-6)7-10(3,4)11-5/h11H,7H2,1-6H3. The Bertz CT molecular complexity index is 185. The van der Waals surface area contributed by atoms with Crippen molar-refractivity contribution in [1.82, 2.24) is 5.32 Å². The Morgan fingerprint density at radius 1 is 1.31 bits per heavy atom. The van der Waals surface area contributed by atoms with Crippen LogP contribution in [0.25, 0.3) is 0 Å². The minimum absolute atomic E-state index is 0.0440. The molecule has 0 aromatic rings. The maximum atomic E-state index is 11.4. The molecule has 0 aromatic carbocycles. The van der Waals surface area contributed by atoms with Crippen LogP contribution >= 0.6 is 0 Å². The molecular formula is C10H21NO2. The number of hydrogen-bond donors (Lipinski definition) is 1. The van der Waals surface area contributed by atoms with Gasteiger partial charge in [-0.2, -0.15) is 0 Å². The van der Waals surface area contributed by atoms with Gasteiger partial charge in [-0.05, 0) is 41.2 Å². The van der Waals surface area contributed by atoms with Crippen LogP contribution in [0.15, 0.2) is 0 Å². The summed E-state index contributed by atoms with van der Waals surface area (Å²) >= 11 is 0. The first-order valence-corrected chi connectivity index (χ1v) is 4.52. The molecule has 0 saturated carbocycles. The van der Waals surface area contributed by atoms with Crippen molar-refractivity contribution in [3.05, 3.63) is 0 Å². The van der Waals surface area contributed by atoms with Crippen molar-refractivity contribution in [3.8, 4) is 0 Å². The third-order valence-electron chi connectivity index (χ3n) is 2.30. The van der Waals surface area contributed by atoms with E-state index in [1.165, 1.54) is 7.11 Å². The predicted molar refractivity (Wildman–Crippen MR) is 53.6 cm³/mol. The van der Waals surface area contributed by atoms with Crippen LogP contribution in [0.1, 0.15) is 34.1 Å². The molecule has 3 heteroatoms. The quantitative estimate of drug-likeness (QED) is 0.679. The van der Waals surface area contributed by atoms with Crippen LogP contribution in [-0.4, -0.2) is 25.7 Å². The number of rotatable bonds is 4. The molecule has 0 aliphatic rings. The number of esters is 1. The van der Waals surface area contributed by atoms with E-state index in [2.05, 4.69) is 19.2 Å². The summed E-state index contributed by atoms with van der Waals surface area (Å²) in [5.74, 6) is -0.157. The number of carbonyl (C=O) groups is 1. The van der Waals surface area contributed by atoms with E-state index >= 15 is 0 Å². The summed E-state index contributed by atoms with van der Waals surface area (Å²) in [5, 5.41) is 3.17. The lowest BCUT2D eigenvalue weighted by atomic mass is 9.80. The number of methoxy groups -OCH3 is 1. The summed E-state index contributed by atoms with van der Waals surface area (Å²) in [4.78, 5) is 11.4. The van der Waals surface area contributed by atoms with E-state index in [1.807, 2.05) is 20.9 Å². The SMILES string of the molecule is CNC(C)(C)CC(C)(C)C(=O)OC. The zero-order valence-electron chi connectivity index (χ0n) is 9.52. The van der Waals surface area contributed by atoms with Gasteiger partial charge < -0.3 is 10.1 Å². The maximum absolute atomic E-state index is 11.4. The molecule has 0 aliphatic heterocycles. The molecule has 0 spiro atoms. The number of nitrogens with one attached hydrogen (secondary N) is 1. The van der Waals surface area contributed by atoms with Crippen LogP contribution < -0.4 is 5.32 Å². The van der Waals surface area contributed by atoms with Gasteiger partial charge in [-0.1, -0.05) is 0 Å². The Morgan fingerprint density at radius 2 is 1.77 bits per heavy atom. The molecule has 0 aromatic heterocycles. The molecule has 0 radical (unpaired) electrons. The lowest BCUT2D eigenvalue weighted by Gasteiger charge is -2.32. The number of carbonyl (C=O) groups excluding carboxylic acids is 1. The molecule has 0 fully saturated rings. The van der Waals surface area contributed by atoms with Crippen LogP contribution in [0, 0.1) is 5.41 Å². The Hall–Kier alpha value is -0.570. The monoisotopic (exact) mass is 187 g/mol. The first kappa shape index (κ1) is 12.4. The van der Waals surface area contributed by atoms with Crippen LogP contribution in [0.4, 0.5) is 0 Å². The molecule has 0 unspecified atom stereocenters. The highest BCUT2D eigenvalue weighted by Crippen LogP contribution is 2.28. The van der Waals surface area contributed by atoms with Crippen molar-refractivity contribution in [3.63, 3.8) is 0 Å². The van der Waals surface area contributed by atoms with E-state index in [9.17, 15) is 4.79 Å². The van der Waals surface area contributed by atoms with Crippen LogP contribution in [0.2, 0.25) is 0 Å². The summed E-state index contributed by atoms with van der Waals surface area (Å²) in [6.45, 7) is 7.94. The topological polar surface area (TPSA) is 38.3 Å². The average molecular weight is 187 g/mol. The van der Waals surface area contributed by atoms with E-state index in [1.54, 1.807) is 0 Å². The van der Waals surface area contributed by atoms with Gasteiger partial charge in [0.2, 0.25) is 0 Å². The Balaban J connectivity index is 4.41. The Labute approximate surface area is 80.8 Å². The van der Waals surface area contributed by atoms with Gasteiger partial charge >= 0.3 is 5.97 Å². The molecule has 0 aliphatic carbocycles. The lowest BCUT2D eigenvalue weighted by molar-refractivity contribution is -0.152. The van der Waals surface area contributed by atoms with Crippen molar-refractivity contribution in [2.45, 2.75) is 39.7 Å². The first-order chi connectivity index (χ1) is 5.75. The van der Waals surface area contributed by atoms with E-state index in [0.29, 0.717) is 0 Å². The molecular weight excluding hydrogens is 166 g/mol. The molecule has 0 heterocycles. The van der Waals surface area contributed by atoms with Crippen LogP contribution in [0.5, 0.6) is 0 Å². The lowest BCUT2D eigenvalue weighted by Crippen LogP contribution is -2.43. The molecule has 3 nitrogen and oxygen atoms in total. The van der Waals surface area contributed by atoms with Gasteiger partial charge in [-0.15, -0.1) is 0 Å². The molecule has 0 bridgehead atoms. The summed E-state index contributed by atoms with van der Waals surface area (Å²) < 4.78 is 4.74. The van der Waals surface area contributed by atoms with Gasteiger partial charge in [-0.3, -0.25) is 4.79 Å². The zero-order valence-corrected chi connectivity index (χ0v) is 9.52. The van der Waals surface area contributed by atoms with Gasteiger partial charge in [0.25, 0.3) is 0 Å². The molecule has 78 valence electrons. The first-order valence-electron chi connectivity index (χ1n) is 4.52. The average Bonchev–Trinajstić information content (AvgIpc) is 2.01. The van der Waals surface area contributed by atoms with Crippen molar-refractivity contribution in [2.75, 3.05) is 14.2 Å². The molecule has 13 heavy (non-hydrogen) atoms. The minimum atomic E-state index is -0.429. The zero-order chi connectivity index (χ0) is 10.7. The van der Waals surface area contributed by atoms with Gasteiger partial charge in [0.15, 0.2) is 0 Å². The fraction of sp³-hybridized carbons (Fsp3) is 0.900. The smallest absolute Gasteiger partial charge is 0.311 e. The highest BCUT2D eigenvalue weighted by atomic mass is 16.5. The highest BCUT2D eigenvalue weighted by Gasteiger charge is 2.34. The predicted octanol–water partition coefficient (Wildman–Crippen LogP) is 1.57. The van der Waals surface area contributed by atoms with Crippen molar-refractivity contribution in [1.29, 1.82) is 0 Å².